The Morgan fingerprint density at radius 1 is 0.926 bits per heavy atom. The predicted octanol–water partition coefficient (Wildman–Crippen LogP) is 5.27. The van der Waals surface area contributed by atoms with Crippen LogP contribution in [-0.4, -0.2) is 18.4 Å². The van der Waals surface area contributed by atoms with Gasteiger partial charge in [-0.2, -0.15) is 0 Å². The summed E-state index contributed by atoms with van der Waals surface area (Å²) in [5.41, 5.74) is 4.32. The van der Waals surface area contributed by atoms with E-state index >= 15 is 0 Å². The van der Waals surface area contributed by atoms with Crippen LogP contribution in [-0.2, 0) is 11.6 Å². The molecule has 3 heteroatoms. The zero-order valence-electron chi connectivity index (χ0n) is 16.1. The van der Waals surface area contributed by atoms with E-state index in [0.29, 0.717) is 14.3 Å². The van der Waals surface area contributed by atoms with E-state index in [1.54, 1.807) is 7.05 Å². The number of phenolic OH excluding ortho intramolecular Hbond substituents is 1. The molecule has 0 heterocycles. The summed E-state index contributed by atoms with van der Waals surface area (Å²) >= 11 is 0. The lowest BCUT2D eigenvalue weighted by atomic mass is 9.95. The molecule has 0 aliphatic carbocycles. The fraction of sp³-hybridized carbons (Fsp3) is 0.208. The maximum absolute atomic E-state index is 11.0. The summed E-state index contributed by atoms with van der Waals surface area (Å²) in [5, 5.41) is 12.1. The van der Waals surface area contributed by atoms with Gasteiger partial charge in [-0.15, -0.1) is 0 Å². The van der Waals surface area contributed by atoms with Gasteiger partial charge in [0.25, 0.3) is 0 Å². The minimum Gasteiger partial charge on any atom is -0.507 e. The van der Waals surface area contributed by atoms with Crippen LogP contribution in [0.1, 0.15) is 36.1 Å². The molecule has 0 saturated carbocycles. The van der Waals surface area contributed by atoms with Gasteiger partial charge < -0.3 is 5.11 Å². The van der Waals surface area contributed by atoms with E-state index in [4.69, 9.17) is 0 Å². The summed E-state index contributed by atoms with van der Waals surface area (Å²) in [4.78, 5) is 4.18. The highest BCUT2D eigenvalue weighted by molar-refractivity contribution is 7.48. The molecule has 0 spiro atoms. The third-order valence-corrected chi connectivity index (χ3v) is 6.33. The molecule has 3 rings (SSSR count). The summed E-state index contributed by atoms with van der Waals surface area (Å²) in [6, 6.07) is 24.8. The Morgan fingerprint density at radius 3 is 2.37 bits per heavy atom. The van der Waals surface area contributed by atoms with Gasteiger partial charge in [0.05, 0.1) is 0 Å². The Hall–Kier alpha value is -2.44. The van der Waals surface area contributed by atoms with Crippen molar-refractivity contribution >= 4 is 20.1 Å². The van der Waals surface area contributed by atoms with Crippen LogP contribution in [0.3, 0.4) is 0 Å². The van der Waals surface area contributed by atoms with E-state index < -0.39 is 0 Å². The third kappa shape index (κ3) is 4.64. The average molecular weight is 375 g/mol. The van der Waals surface area contributed by atoms with E-state index in [-0.39, 0.29) is 5.16 Å². The van der Waals surface area contributed by atoms with Crippen LogP contribution in [0.5, 0.6) is 5.75 Å². The second kappa shape index (κ2) is 8.50. The Morgan fingerprint density at radius 2 is 1.63 bits per heavy atom. The van der Waals surface area contributed by atoms with E-state index in [1.165, 1.54) is 10.9 Å². The second-order valence-corrected chi connectivity index (χ2v) is 9.24. The first-order chi connectivity index (χ1) is 13.0. The monoisotopic (exact) mass is 375 g/mol. The van der Waals surface area contributed by atoms with Gasteiger partial charge in [-0.1, -0.05) is 95.2 Å². The SMILES string of the molecule is C/N=C/c1ccccc1PC(C)(C)c1cccc(Cc2ccccc2)c1O. The van der Waals surface area contributed by atoms with E-state index in [9.17, 15) is 5.11 Å². The smallest absolute Gasteiger partial charge is 0.123 e. The van der Waals surface area contributed by atoms with Gasteiger partial charge >= 0.3 is 0 Å². The molecule has 1 atom stereocenters. The van der Waals surface area contributed by atoms with Crippen molar-refractivity contribution in [3.63, 3.8) is 0 Å². The van der Waals surface area contributed by atoms with Crippen molar-refractivity contribution in [3.05, 3.63) is 95.1 Å². The van der Waals surface area contributed by atoms with Crippen LogP contribution in [0, 0.1) is 0 Å². The van der Waals surface area contributed by atoms with Crippen molar-refractivity contribution in [2.24, 2.45) is 4.99 Å². The van der Waals surface area contributed by atoms with Gasteiger partial charge in [-0.3, -0.25) is 4.99 Å². The van der Waals surface area contributed by atoms with Crippen LogP contribution in [0.4, 0.5) is 0 Å². The molecule has 3 aromatic rings. The van der Waals surface area contributed by atoms with Gasteiger partial charge in [-0.25, -0.2) is 0 Å². The maximum Gasteiger partial charge on any atom is 0.123 e. The Kier molecular flexibility index (Phi) is 6.08. The number of nitrogens with zero attached hydrogens (tertiary/aromatic N) is 1. The number of para-hydroxylation sites is 1. The normalized spacial score (nSPS) is 12.3. The van der Waals surface area contributed by atoms with Crippen molar-refractivity contribution in [3.8, 4) is 5.75 Å². The Bertz CT molecular complexity index is 932. The summed E-state index contributed by atoms with van der Waals surface area (Å²) in [6.07, 6.45) is 2.64. The molecule has 0 bridgehead atoms. The highest BCUT2D eigenvalue weighted by atomic mass is 31.1. The fourth-order valence-corrected chi connectivity index (χ4v) is 4.80. The van der Waals surface area contributed by atoms with Crippen molar-refractivity contribution in [2.75, 3.05) is 7.05 Å². The third-order valence-electron chi connectivity index (χ3n) is 4.71. The molecule has 0 fully saturated rings. The standard InChI is InChI=1S/C24H26NOP/c1-24(2,27-22-15-8-7-12-20(22)17-25-3)21-14-9-13-19(23(21)26)16-18-10-5-4-6-11-18/h4-15,17,26-27H,16H2,1-3H3/b25-17+. The topological polar surface area (TPSA) is 32.6 Å². The molecule has 2 nitrogen and oxygen atoms in total. The zero-order chi connectivity index (χ0) is 19.3. The van der Waals surface area contributed by atoms with Crippen LogP contribution in [0.15, 0.2) is 77.8 Å². The number of hydrogen-bond donors (Lipinski definition) is 1. The molecule has 0 saturated heterocycles. The number of aliphatic imine (C=N–C) groups is 1. The Balaban J connectivity index is 1.92. The quantitative estimate of drug-likeness (QED) is 0.462. The maximum atomic E-state index is 11.0. The molecule has 0 aromatic heterocycles. The summed E-state index contributed by atoms with van der Waals surface area (Å²) in [7, 11) is 2.32. The summed E-state index contributed by atoms with van der Waals surface area (Å²) in [6.45, 7) is 4.40. The second-order valence-electron chi connectivity index (χ2n) is 7.20. The first-order valence-corrected chi connectivity index (χ1v) is 10.2. The van der Waals surface area contributed by atoms with Crippen LogP contribution in [0.25, 0.3) is 0 Å². The number of aromatic hydroxyl groups is 1. The van der Waals surface area contributed by atoms with Gasteiger partial charge in [0, 0.05) is 30.4 Å². The summed E-state index contributed by atoms with van der Waals surface area (Å²) in [5.74, 6) is 0.417. The molecule has 0 radical (unpaired) electrons. The fourth-order valence-electron chi connectivity index (χ4n) is 3.32. The average Bonchev–Trinajstić information content (AvgIpc) is 2.66. The first-order valence-electron chi connectivity index (χ1n) is 9.16. The van der Waals surface area contributed by atoms with Crippen LogP contribution < -0.4 is 5.30 Å². The van der Waals surface area contributed by atoms with Crippen molar-refractivity contribution in [2.45, 2.75) is 25.4 Å². The zero-order valence-corrected chi connectivity index (χ0v) is 17.1. The van der Waals surface area contributed by atoms with E-state index in [2.05, 4.69) is 55.2 Å². The van der Waals surface area contributed by atoms with Crippen LogP contribution in [0.2, 0.25) is 0 Å². The van der Waals surface area contributed by atoms with E-state index in [0.717, 1.165) is 23.1 Å². The van der Waals surface area contributed by atoms with Gasteiger partial charge in [0.2, 0.25) is 0 Å². The number of benzene rings is 3. The summed E-state index contributed by atoms with van der Waals surface area (Å²) < 4.78 is 0. The Labute approximate surface area is 163 Å². The molecule has 0 amide bonds. The molecule has 27 heavy (non-hydrogen) atoms. The molecular formula is C24H26NOP. The molecular weight excluding hydrogens is 349 g/mol. The van der Waals surface area contributed by atoms with Gasteiger partial charge in [-0.05, 0) is 22.0 Å². The highest BCUT2D eigenvalue weighted by Gasteiger charge is 2.26. The molecule has 3 aromatic carbocycles. The minimum atomic E-state index is -0.172. The number of hydrogen-bond acceptors (Lipinski definition) is 2. The molecule has 1 unspecified atom stereocenters. The van der Waals surface area contributed by atoms with Gasteiger partial charge in [0.1, 0.15) is 5.75 Å². The predicted molar refractivity (Wildman–Crippen MR) is 118 cm³/mol. The lowest BCUT2D eigenvalue weighted by Gasteiger charge is -2.28. The molecule has 1 N–H and O–H groups in total. The lowest BCUT2D eigenvalue weighted by molar-refractivity contribution is 0.456. The van der Waals surface area contributed by atoms with Crippen molar-refractivity contribution in [1.82, 2.24) is 0 Å². The number of rotatable bonds is 6. The van der Waals surface area contributed by atoms with Crippen molar-refractivity contribution < 1.29 is 5.11 Å². The van der Waals surface area contributed by atoms with E-state index in [1.807, 2.05) is 42.6 Å². The minimum absolute atomic E-state index is 0.172. The number of phenols is 1. The van der Waals surface area contributed by atoms with Crippen LogP contribution >= 0.6 is 8.58 Å². The molecule has 0 aliphatic rings. The lowest BCUT2D eigenvalue weighted by Crippen LogP contribution is -2.17. The van der Waals surface area contributed by atoms with Gasteiger partial charge in [0.15, 0.2) is 0 Å². The highest BCUT2D eigenvalue weighted by Crippen LogP contribution is 2.45. The molecule has 138 valence electrons. The first kappa shape index (κ1) is 19.3. The largest absolute Gasteiger partial charge is 0.507 e. The van der Waals surface area contributed by atoms with Crippen molar-refractivity contribution in [1.29, 1.82) is 0 Å². The molecule has 0 aliphatic heterocycles.